The van der Waals surface area contributed by atoms with Crippen molar-refractivity contribution in [3.63, 3.8) is 0 Å². The Hall–Kier alpha value is -2.57. The number of hydrogen-bond acceptors (Lipinski definition) is 3. The summed E-state index contributed by atoms with van der Waals surface area (Å²) < 4.78 is 0. The number of carbonyl (C=O) groups is 3. The molecule has 1 aromatic carbocycles. The minimum atomic E-state index is -0.921. The number of carbonyl (C=O) groups excluding carboxylic acids is 2. The molecule has 1 atom stereocenters. The van der Waals surface area contributed by atoms with Gasteiger partial charge in [-0.1, -0.05) is 6.07 Å². The Labute approximate surface area is 121 Å². The number of primary amides is 1. The number of carboxylic acids is 1. The van der Waals surface area contributed by atoms with Crippen LogP contribution in [0.4, 0.5) is 10.5 Å². The number of carboxylic acid groups (broad SMARTS) is 1. The van der Waals surface area contributed by atoms with E-state index in [1.807, 2.05) is 0 Å². The molecule has 0 radical (unpaired) electrons. The quantitative estimate of drug-likeness (QED) is 0.774. The summed E-state index contributed by atoms with van der Waals surface area (Å²) in [4.78, 5) is 35.6. The van der Waals surface area contributed by atoms with Crippen molar-refractivity contribution in [3.8, 4) is 0 Å². The van der Waals surface area contributed by atoms with E-state index in [1.165, 1.54) is 11.0 Å². The lowest BCUT2D eigenvalue weighted by Crippen LogP contribution is -2.39. The Kier molecular flexibility index (Phi) is 4.42. The molecule has 3 amide bonds. The third kappa shape index (κ3) is 3.71. The van der Waals surface area contributed by atoms with Crippen LogP contribution in [0.15, 0.2) is 24.3 Å². The van der Waals surface area contributed by atoms with Crippen LogP contribution >= 0.6 is 0 Å². The van der Waals surface area contributed by atoms with Crippen LogP contribution in [0.1, 0.15) is 29.6 Å². The molecule has 0 aliphatic carbocycles. The standard InChI is InChI=1S/C14H17N3O4/c15-13(20)9-3-1-4-10(7-9)16-14(21)17-6-2-5-11(17)8-12(18)19/h1,3-4,7,11H,2,5-6,8H2,(H2,15,20)(H,16,21)(H,18,19). The average molecular weight is 291 g/mol. The first-order chi connectivity index (χ1) is 9.97. The summed E-state index contributed by atoms with van der Waals surface area (Å²) in [5, 5.41) is 11.5. The Balaban J connectivity index is 2.05. The molecule has 0 bridgehead atoms. The topological polar surface area (TPSA) is 113 Å². The maximum Gasteiger partial charge on any atom is 0.322 e. The first kappa shape index (κ1) is 14.8. The lowest BCUT2D eigenvalue weighted by molar-refractivity contribution is -0.137. The van der Waals surface area contributed by atoms with E-state index < -0.39 is 11.9 Å². The third-order valence-electron chi connectivity index (χ3n) is 3.45. The van der Waals surface area contributed by atoms with Gasteiger partial charge < -0.3 is 21.1 Å². The molecule has 1 aliphatic heterocycles. The lowest BCUT2D eigenvalue weighted by Gasteiger charge is -2.23. The Morgan fingerprint density at radius 1 is 1.38 bits per heavy atom. The van der Waals surface area contributed by atoms with E-state index in [0.29, 0.717) is 24.2 Å². The molecule has 0 spiro atoms. The lowest BCUT2D eigenvalue weighted by atomic mass is 10.1. The van der Waals surface area contributed by atoms with Gasteiger partial charge in [0.1, 0.15) is 0 Å². The van der Waals surface area contributed by atoms with Gasteiger partial charge in [-0.25, -0.2) is 4.79 Å². The molecular weight excluding hydrogens is 274 g/mol. The molecule has 1 saturated heterocycles. The first-order valence-electron chi connectivity index (χ1n) is 6.66. The highest BCUT2D eigenvalue weighted by Crippen LogP contribution is 2.21. The number of rotatable bonds is 4. The van der Waals surface area contributed by atoms with E-state index >= 15 is 0 Å². The van der Waals surface area contributed by atoms with E-state index in [2.05, 4.69) is 5.32 Å². The fourth-order valence-corrected chi connectivity index (χ4v) is 2.46. The van der Waals surface area contributed by atoms with Crippen molar-refractivity contribution in [2.24, 2.45) is 5.73 Å². The zero-order chi connectivity index (χ0) is 15.4. The summed E-state index contributed by atoms with van der Waals surface area (Å²) >= 11 is 0. The van der Waals surface area contributed by atoms with Gasteiger partial charge in [0.2, 0.25) is 5.91 Å². The predicted octanol–water partition coefficient (Wildman–Crippen LogP) is 1.26. The normalized spacial score (nSPS) is 17.5. The number of nitrogens with one attached hydrogen (secondary N) is 1. The molecule has 1 aromatic rings. The Morgan fingerprint density at radius 2 is 2.14 bits per heavy atom. The summed E-state index contributed by atoms with van der Waals surface area (Å²) in [6.45, 7) is 0.527. The summed E-state index contributed by atoms with van der Waals surface area (Å²) in [6, 6.07) is 5.66. The van der Waals surface area contributed by atoms with Crippen LogP contribution in [0.5, 0.6) is 0 Å². The second kappa shape index (κ2) is 6.25. The van der Waals surface area contributed by atoms with Crippen LogP contribution in [-0.4, -0.2) is 40.5 Å². The maximum atomic E-state index is 12.2. The molecule has 0 aromatic heterocycles. The molecule has 112 valence electrons. The zero-order valence-corrected chi connectivity index (χ0v) is 11.4. The van der Waals surface area contributed by atoms with Crippen molar-refractivity contribution in [1.29, 1.82) is 0 Å². The second-order valence-electron chi connectivity index (χ2n) is 4.96. The number of urea groups is 1. The Bertz CT molecular complexity index is 573. The largest absolute Gasteiger partial charge is 0.481 e. The third-order valence-corrected chi connectivity index (χ3v) is 3.45. The van der Waals surface area contributed by atoms with Crippen LogP contribution in [0.2, 0.25) is 0 Å². The highest BCUT2D eigenvalue weighted by atomic mass is 16.4. The van der Waals surface area contributed by atoms with Crippen LogP contribution < -0.4 is 11.1 Å². The second-order valence-corrected chi connectivity index (χ2v) is 4.96. The maximum absolute atomic E-state index is 12.2. The van der Waals surface area contributed by atoms with Gasteiger partial charge in [-0.2, -0.15) is 0 Å². The van der Waals surface area contributed by atoms with Crippen LogP contribution in [0.25, 0.3) is 0 Å². The molecule has 1 unspecified atom stereocenters. The van der Waals surface area contributed by atoms with Crippen molar-refractivity contribution < 1.29 is 19.5 Å². The molecular formula is C14H17N3O4. The molecule has 7 heteroatoms. The van der Waals surface area contributed by atoms with Crippen LogP contribution in [0, 0.1) is 0 Å². The smallest absolute Gasteiger partial charge is 0.322 e. The van der Waals surface area contributed by atoms with Crippen molar-refractivity contribution in [2.75, 3.05) is 11.9 Å². The number of anilines is 1. The number of likely N-dealkylation sites (tertiary alicyclic amines) is 1. The minimum absolute atomic E-state index is 0.0608. The molecule has 0 saturated carbocycles. The van der Waals surface area contributed by atoms with E-state index in [1.54, 1.807) is 18.2 Å². The van der Waals surface area contributed by atoms with Gasteiger partial charge in [0.15, 0.2) is 0 Å². The minimum Gasteiger partial charge on any atom is -0.481 e. The summed E-state index contributed by atoms with van der Waals surface area (Å²) in [6.07, 6.45) is 1.41. The molecule has 1 aliphatic rings. The molecule has 1 fully saturated rings. The molecule has 2 rings (SSSR count). The molecule has 7 nitrogen and oxygen atoms in total. The van der Waals surface area contributed by atoms with Crippen molar-refractivity contribution >= 4 is 23.6 Å². The van der Waals surface area contributed by atoms with Crippen LogP contribution in [-0.2, 0) is 4.79 Å². The fourth-order valence-electron chi connectivity index (χ4n) is 2.46. The van der Waals surface area contributed by atoms with Crippen molar-refractivity contribution in [3.05, 3.63) is 29.8 Å². The van der Waals surface area contributed by atoms with E-state index in [9.17, 15) is 14.4 Å². The predicted molar refractivity (Wildman–Crippen MR) is 76.0 cm³/mol. The molecule has 4 N–H and O–H groups in total. The number of nitrogens with two attached hydrogens (primary N) is 1. The SMILES string of the molecule is NC(=O)c1cccc(NC(=O)N2CCCC2CC(=O)O)c1. The van der Waals surface area contributed by atoms with Gasteiger partial charge in [-0.05, 0) is 31.0 Å². The summed E-state index contributed by atoms with van der Waals surface area (Å²) in [7, 11) is 0. The van der Waals surface area contributed by atoms with Gasteiger partial charge in [0, 0.05) is 23.8 Å². The number of aliphatic carboxylic acids is 1. The monoisotopic (exact) mass is 291 g/mol. The van der Waals surface area contributed by atoms with Gasteiger partial charge in [0.25, 0.3) is 0 Å². The van der Waals surface area contributed by atoms with Crippen molar-refractivity contribution in [1.82, 2.24) is 4.90 Å². The van der Waals surface area contributed by atoms with E-state index in [0.717, 1.165) is 6.42 Å². The number of amides is 3. The highest BCUT2D eigenvalue weighted by Gasteiger charge is 2.30. The fraction of sp³-hybridized carbons (Fsp3) is 0.357. The number of hydrogen-bond donors (Lipinski definition) is 3. The zero-order valence-electron chi connectivity index (χ0n) is 11.4. The summed E-state index contributed by atoms with van der Waals surface area (Å²) in [5.74, 6) is -1.49. The summed E-state index contributed by atoms with van der Waals surface area (Å²) in [5.41, 5.74) is 5.94. The number of nitrogens with zero attached hydrogens (tertiary/aromatic N) is 1. The van der Waals surface area contributed by atoms with Gasteiger partial charge in [-0.3, -0.25) is 9.59 Å². The highest BCUT2D eigenvalue weighted by molar-refractivity contribution is 5.96. The van der Waals surface area contributed by atoms with E-state index in [-0.39, 0.29) is 18.5 Å². The Morgan fingerprint density at radius 3 is 2.81 bits per heavy atom. The average Bonchev–Trinajstić information content (AvgIpc) is 2.86. The molecule has 1 heterocycles. The first-order valence-corrected chi connectivity index (χ1v) is 6.66. The van der Waals surface area contributed by atoms with E-state index in [4.69, 9.17) is 10.8 Å². The molecule has 21 heavy (non-hydrogen) atoms. The van der Waals surface area contributed by atoms with Gasteiger partial charge in [0.05, 0.1) is 6.42 Å². The van der Waals surface area contributed by atoms with Crippen LogP contribution in [0.3, 0.4) is 0 Å². The van der Waals surface area contributed by atoms with Crippen molar-refractivity contribution in [2.45, 2.75) is 25.3 Å². The van der Waals surface area contributed by atoms with Gasteiger partial charge >= 0.3 is 12.0 Å². The number of benzene rings is 1. The van der Waals surface area contributed by atoms with Gasteiger partial charge in [-0.15, -0.1) is 0 Å².